The molecule has 8 bridgehead atoms. The van der Waals surface area contributed by atoms with Crippen molar-refractivity contribution in [2.75, 3.05) is 0 Å². The normalized spacial score (nSPS) is 32.4. The van der Waals surface area contributed by atoms with Crippen LogP contribution in [0.15, 0.2) is 204 Å². The highest BCUT2D eigenvalue weighted by molar-refractivity contribution is 9.11. The van der Waals surface area contributed by atoms with Gasteiger partial charge in [0, 0.05) is 64.7 Å². The van der Waals surface area contributed by atoms with Crippen LogP contribution in [0.3, 0.4) is 0 Å². The average Bonchev–Trinajstić information content (AvgIpc) is 3.42. The van der Waals surface area contributed by atoms with Gasteiger partial charge in [0.05, 0.1) is 0 Å². The van der Waals surface area contributed by atoms with Crippen LogP contribution in [0.25, 0.3) is 0 Å². The first-order valence-electron chi connectivity index (χ1n) is 24.1. The molecule has 0 N–H and O–H groups in total. The summed E-state index contributed by atoms with van der Waals surface area (Å²) in [5, 5.41) is 3.91. The highest BCUT2D eigenvalue weighted by Gasteiger charge is 2.86. The van der Waals surface area contributed by atoms with Gasteiger partial charge in [-0.3, -0.25) is 0 Å². The summed E-state index contributed by atoms with van der Waals surface area (Å²) >= 11 is 18.6. The first kappa shape index (κ1) is 53.8. The quantitative estimate of drug-likeness (QED) is 0.122. The lowest BCUT2D eigenvalue weighted by molar-refractivity contribution is -0.00762. The zero-order valence-electron chi connectivity index (χ0n) is 40.6. The second kappa shape index (κ2) is 20.0. The lowest BCUT2D eigenvalue weighted by Crippen LogP contribution is -2.95. The molecule has 0 amide bonds. The van der Waals surface area contributed by atoms with Gasteiger partial charge >= 0.3 is 70.4 Å². The van der Waals surface area contributed by atoms with E-state index in [2.05, 4.69) is 107 Å². The van der Waals surface area contributed by atoms with E-state index in [1.165, 1.54) is 0 Å². The summed E-state index contributed by atoms with van der Waals surface area (Å²) in [5.41, 5.74) is -0.118. The Morgan fingerprint density at radius 2 is 0.507 bits per heavy atom. The van der Waals surface area contributed by atoms with Gasteiger partial charge in [-0.1, -0.05) is 229 Å². The molecule has 13 rings (SSSR count). The molecule has 0 aromatic heterocycles. The minimum absolute atomic E-state index is 0.0919. The molecule has 9 unspecified atom stereocenters. The van der Waals surface area contributed by atoms with Crippen molar-refractivity contribution in [3.8, 4) is 0 Å². The molecule has 6 heterocycles. The Labute approximate surface area is 486 Å². The summed E-state index contributed by atoms with van der Waals surface area (Å²) in [6, 6.07) is 58.2. The van der Waals surface area contributed by atoms with Gasteiger partial charge in [0.15, 0.2) is 0 Å². The largest absolute Gasteiger partial charge is 0.515 e. The molecule has 0 spiro atoms. The van der Waals surface area contributed by atoms with Crippen molar-refractivity contribution < 1.29 is 49.4 Å². The standard InChI is InChI=1S/C50H47Br5O12Si8/c1-37(35-50(2,3)4)36-68-56-69(43-11-7-5-8-12-43)59-72(44-13-9-6-10-14-44)61-70(57-68,45-25-15-38(51)16-26-45)62-74(48-31-21-41(54)22-32-48)64-71(58-68,46-27-17-39(52)18-28-46)63-73(60-69,47-29-19-40(53)20-30-47)66-75(65-72,67-74)49-33-23-42(55)24-34-49/h5-34,37H,35-36H2,1-4H3. The lowest BCUT2D eigenvalue weighted by atomic mass is 9.86. The molecule has 7 aromatic rings. The molecule has 386 valence electrons. The Balaban J connectivity index is 1.30. The van der Waals surface area contributed by atoms with Gasteiger partial charge in [0.1, 0.15) is 0 Å². The number of hydrogen-bond acceptors (Lipinski definition) is 12. The number of benzene rings is 7. The summed E-state index contributed by atoms with van der Waals surface area (Å²) in [6.07, 6.45) is 0.761. The summed E-state index contributed by atoms with van der Waals surface area (Å²) in [5.74, 6) is -0.0919. The van der Waals surface area contributed by atoms with Crippen LogP contribution >= 0.6 is 79.6 Å². The van der Waals surface area contributed by atoms with E-state index in [4.69, 9.17) is 49.4 Å². The summed E-state index contributed by atoms with van der Waals surface area (Å²) in [6.45, 7) is 8.87. The van der Waals surface area contributed by atoms with Gasteiger partial charge in [-0.25, -0.2) is 0 Å². The number of halogens is 5. The monoisotopic (exact) mass is 1460 g/mol. The predicted molar refractivity (Wildman–Crippen MR) is 318 cm³/mol. The van der Waals surface area contributed by atoms with Gasteiger partial charge in [0.25, 0.3) is 0 Å². The molecular weight excluding hydrogens is 1420 g/mol. The predicted octanol–water partition coefficient (Wildman–Crippen LogP) is 9.00. The van der Waals surface area contributed by atoms with E-state index in [1.807, 2.05) is 182 Å². The van der Waals surface area contributed by atoms with Crippen LogP contribution in [-0.2, 0) is 49.4 Å². The van der Waals surface area contributed by atoms with E-state index in [-0.39, 0.29) is 17.4 Å². The molecule has 25 heteroatoms. The molecule has 6 saturated heterocycles. The molecular formula is C50H47Br5O12Si8. The van der Waals surface area contributed by atoms with Gasteiger partial charge < -0.3 is 49.4 Å². The lowest BCUT2D eigenvalue weighted by Gasteiger charge is -2.63. The fourth-order valence-corrected chi connectivity index (χ4v) is 58.1. The van der Waals surface area contributed by atoms with Crippen molar-refractivity contribution in [3.63, 3.8) is 0 Å². The third-order valence-electron chi connectivity index (χ3n) is 13.1. The van der Waals surface area contributed by atoms with Gasteiger partial charge in [-0.2, -0.15) is 0 Å². The van der Waals surface area contributed by atoms with Gasteiger partial charge in [-0.05, 0) is 78.4 Å². The van der Waals surface area contributed by atoms with Crippen LogP contribution in [0, 0.1) is 11.3 Å². The maximum absolute atomic E-state index is 8.28. The maximum Gasteiger partial charge on any atom is 0.515 e. The van der Waals surface area contributed by atoms with Crippen LogP contribution in [0.5, 0.6) is 0 Å². The molecule has 6 aliphatic heterocycles. The van der Waals surface area contributed by atoms with Crippen molar-refractivity contribution in [2.24, 2.45) is 11.3 Å². The second-order valence-electron chi connectivity index (χ2n) is 20.1. The van der Waals surface area contributed by atoms with Crippen molar-refractivity contribution in [2.45, 2.75) is 40.2 Å². The van der Waals surface area contributed by atoms with E-state index < -0.39 is 70.4 Å². The summed E-state index contributed by atoms with van der Waals surface area (Å²) < 4.78 is 103. The molecule has 12 nitrogen and oxygen atoms in total. The van der Waals surface area contributed by atoms with Crippen molar-refractivity contribution in [1.82, 2.24) is 0 Å². The highest BCUT2D eigenvalue weighted by atomic mass is 79.9. The van der Waals surface area contributed by atoms with E-state index in [0.29, 0.717) is 36.3 Å². The smallest absolute Gasteiger partial charge is 0.370 e. The van der Waals surface area contributed by atoms with Crippen LogP contribution in [0.2, 0.25) is 6.04 Å². The van der Waals surface area contributed by atoms with Crippen LogP contribution in [-0.4, -0.2) is 70.4 Å². The van der Waals surface area contributed by atoms with Gasteiger partial charge in [-0.15, -0.1) is 0 Å². The zero-order valence-corrected chi connectivity index (χ0v) is 56.5. The molecule has 0 saturated carbocycles. The van der Waals surface area contributed by atoms with E-state index >= 15 is 0 Å². The number of rotatable bonds is 10. The third-order valence-corrected chi connectivity index (χ3v) is 50.5. The molecule has 9 atom stereocenters. The Hall–Kier alpha value is -1.80. The molecule has 7 aromatic carbocycles. The van der Waals surface area contributed by atoms with E-state index in [0.717, 1.165) is 28.8 Å². The third kappa shape index (κ3) is 10.0. The Kier molecular flexibility index (Phi) is 14.4. The maximum atomic E-state index is 8.28. The average molecular weight is 1460 g/mol. The molecule has 0 radical (unpaired) electrons. The van der Waals surface area contributed by atoms with Gasteiger partial charge in [0.2, 0.25) is 0 Å². The first-order valence-corrected chi connectivity index (χ1v) is 42.1. The van der Waals surface area contributed by atoms with E-state index in [9.17, 15) is 0 Å². The SMILES string of the molecule is CC(CC(C)(C)C)C[Si]12O[Si]3(c4ccccc4)O[Si]4(c5ccccc5)O[Si](c5ccc(Br)cc5)(O1)O[Si]1(c5ccc(Br)cc5)O[Si](c5ccc(Br)cc5)(O2)O[Si](c2ccc(Br)cc2)(O3)O[Si](c2ccc(Br)cc2)(O4)O1. The zero-order chi connectivity index (χ0) is 52.1. The van der Waals surface area contributed by atoms with Crippen LogP contribution in [0.1, 0.15) is 34.1 Å². The Bertz CT molecular complexity index is 3250. The Morgan fingerprint density at radius 3 is 0.720 bits per heavy atom. The Morgan fingerprint density at radius 1 is 0.307 bits per heavy atom. The second-order valence-corrected chi connectivity index (χ2v) is 48.1. The summed E-state index contributed by atoms with van der Waals surface area (Å²) in [4.78, 5) is 0. The van der Waals surface area contributed by atoms with Crippen LogP contribution < -0.4 is 36.3 Å². The highest BCUT2D eigenvalue weighted by Crippen LogP contribution is 2.50. The van der Waals surface area contributed by atoms with E-state index in [1.54, 1.807) is 0 Å². The number of hydrogen-bond donors (Lipinski definition) is 0. The molecule has 6 fully saturated rings. The molecule has 0 aliphatic carbocycles. The van der Waals surface area contributed by atoms with Crippen molar-refractivity contribution >= 4 is 186 Å². The molecule has 75 heavy (non-hydrogen) atoms. The fraction of sp³-hybridized carbons (Fsp3) is 0.160. The minimum Gasteiger partial charge on any atom is -0.370 e. The van der Waals surface area contributed by atoms with Crippen molar-refractivity contribution in [3.05, 3.63) is 204 Å². The minimum atomic E-state index is -4.85. The topological polar surface area (TPSA) is 111 Å². The fourth-order valence-electron chi connectivity index (χ4n) is 10.2. The summed E-state index contributed by atoms with van der Waals surface area (Å²) in [7, 11) is -38.3. The first-order chi connectivity index (χ1) is 35.8. The molecule has 6 aliphatic rings. The van der Waals surface area contributed by atoms with Crippen molar-refractivity contribution in [1.29, 1.82) is 0 Å². The van der Waals surface area contributed by atoms with Crippen LogP contribution in [0.4, 0.5) is 0 Å².